The summed E-state index contributed by atoms with van der Waals surface area (Å²) in [7, 11) is 0. The van der Waals surface area contributed by atoms with E-state index in [1.165, 1.54) is 11.3 Å². The molecule has 1 aromatic rings. The topological polar surface area (TPSA) is 24.1 Å². The minimum atomic E-state index is 0.0614. The SMILES string of the molecule is Clc1cccc2c1[C@]1(C=CCNC1)CN2. The molecule has 1 atom stereocenters. The van der Waals surface area contributed by atoms with Crippen molar-refractivity contribution >= 4 is 17.3 Å². The smallest absolute Gasteiger partial charge is 0.0468 e. The molecule has 0 aromatic heterocycles. The highest BCUT2D eigenvalue weighted by Gasteiger charge is 2.38. The lowest BCUT2D eigenvalue weighted by Crippen LogP contribution is -2.41. The fourth-order valence-corrected chi connectivity index (χ4v) is 2.90. The van der Waals surface area contributed by atoms with Crippen molar-refractivity contribution in [1.82, 2.24) is 5.32 Å². The summed E-state index contributed by atoms with van der Waals surface area (Å²) in [6.07, 6.45) is 4.47. The molecule has 0 saturated carbocycles. The van der Waals surface area contributed by atoms with Crippen LogP contribution in [0.25, 0.3) is 0 Å². The van der Waals surface area contributed by atoms with Crippen molar-refractivity contribution in [3.05, 3.63) is 40.9 Å². The summed E-state index contributed by atoms with van der Waals surface area (Å²) in [6, 6.07) is 6.06. The van der Waals surface area contributed by atoms with Gasteiger partial charge in [0.1, 0.15) is 0 Å². The van der Waals surface area contributed by atoms with Gasteiger partial charge in [-0.25, -0.2) is 0 Å². The van der Waals surface area contributed by atoms with Crippen LogP contribution in [-0.4, -0.2) is 19.6 Å². The Kier molecular flexibility index (Phi) is 2.01. The maximum atomic E-state index is 6.29. The predicted molar refractivity (Wildman–Crippen MR) is 63.6 cm³/mol. The molecule has 2 aliphatic heterocycles. The molecular weight excluding hydrogens is 208 g/mol. The summed E-state index contributed by atoms with van der Waals surface area (Å²) in [4.78, 5) is 0. The normalized spacial score (nSPS) is 27.8. The number of hydrogen-bond acceptors (Lipinski definition) is 2. The maximum absolute atomic E-state index is 6.29. The molecule has 78 valence electrons. The standard InChI is InChI=1S/C12H13ClN2/c13-9-3-1-4-10-11(9)12(8-15-10)5-2-6-14-7-12/h1-5,14-15H,6-8H2/t12-/m0/s1. The number of halogens is 1. The molecule has 0 bridgehead atoms. The highest BCUT2D eigenvalue weighted by molar-refractivity contribution is 6.32. The van der Waals surface area contributed by atoms with Gasteiger partial charge in [0.2, 0.25) is 0 Å². The third-order valence-corrected chi connectivity index (χ3v) is 3.56. The third-order valence-electron chi connectivity index (χ3n) is 3.25. The zero-order chi connectivity index (χ0) is 10.3. The molecule has 0 fully saturated rings. The van der Waals surface area contributed by atoms with Crippen LogP contribution in [0.4, 0.5) is 5.69 Å². The van der Waals surface area contributed by atoms with Crippen molar-refractivity contribution in [2.75, 3.05) is 25.0 Å². The average molecular weight is 221 g/mol. The van der Waals surface area contributed by atoms with Crippen LogP contribution in [0.5, 0.6) is 0 Å². The lowest BCUT2D eigenvalue weighted by molar-refractivity contribution is 0.513. The Hall–Kier alpha value is -0.990. The first-order chi connectivity index (χ1) is 7.32. The van der Waals surface area contributed by atoms with Gasteiger partial charge < -0.3 is 10.6 Å². The van der Waals surface area contributed by atoms with Gasteiger partial charge in [0.05, 0.1) is 0 Å². The van der Waals surface area contributed by atoms with Gasteiger partial charge in [-0.1, -0.05) is 29.8 Å². The van der Waals surface area contributed by atoms with Crippen molar-refractivity contribution in [3.63, 3.8) is 0 Å². The summed E-state index contributed by atoms with van der Waals surface area (Å²) in [5.41, 5.74) is 2.48. The molecule has 3 rings (SSSR count). The quantitative estimate of drug-likeness (QED) is 0.655. The molecule has 0 radical (unpaired) electrons. The van der Waals surface area contributed by atoms with E-state index < -0.39 is 0 Å². The van der Waals surface area contributed by atoms with E-state index in [2.05, 4.69) is 28.9 Å². The number of anilines is 1. The molecule has 0 aliphatic carbocycles. The number of hydrogen-bond donors (Lipinski definition) is 2. The van der Waals surface area contributed by atoms with Gasteiger partial charge in [0.15, 0.2) is 0 Å². The van der Waals surface area contributed by atoms with Gasteiger partial charge in [-0.2, -0.15) is 0 Å². The van der Waals surface area contributed by atoms with Crippen molar-refractivity contribution < 1.29 is 0 Å². The van der Waals surface area contributed by atoms with Crippen LogP contribution in [0.2, 0.25) is 5.02 Å². The van der Waals surface area contributed by atoms with Crippen LogP contribution in [0, 0.1) is 0 Å². The van der Waals surface area contributed by atoms with Crippen LogP contribution < -0.4 is 10.6 Å². The second-order valence-electron chi connectivity index (χ2n) is 4.21. The Bertz CT molecular complexity index is 428. The number of nitrogens with one attached hydrogen (secondary N) is 2. The largest absolute Gasteiger partial charge is 0.383 e. The predicted octanol–water partition coefficient (Wildman–Crippen LogP) is 2.16. The Labute approximate surface area is 94.3 Å². The molecule has 2 N–H and O–H groups in total. The zero-order valence-electron chi connectivity index (χ0n) is 8.39. The van der Waals surface area contributed by atoms with Crippen molar-refractivity contribution in [2.45, 2.75) is 5.41 Å². The van der Waals surface area contributed by atoms with E-state index in [0.717, 1.165) is 24.7 Å². The first kappa shape index (κ1) is 9.25. The van der Waals surface area contributed by atoms with Gasteiger partial charge in [-0.3, -0.25) is 0 Å². The minimum Gasteiger partial charge on any atom is -0.383 e. The van der Waals surface area contributed by atoms with E-state index in [9.17, 15) is 0 Å². The Morgan fingerprint density at radius 1 is 1.27 bits per heavy atom. The number of rotatable bonds is 0. The van der Waals surface area contributed by atoms with Crippen molar-refractivity contribution in [1.29, 1.82) is 0 Å². The first-order valence-electron chi connectivity index (χ1n) is 5.23. The third kappa shape index (κ3) is 1.29. The van der Waals surface area contributed by atoms with Gasteiger partial charge in [0.25, 0.3) is 0 Å². The van der Waals surface area contributed by atoms with E-state index in [-0.39, 0.29) is 5.41 Å². The van der Waals surface area contributed by atoms with Crippen molar-refractivity contribution in [2.24, 2.45) is 0 Å². The molecular formula is C12H13ClN2. The van der Waals surface area contributed by atoms with E-state index in [4.69, 9.17) is 11.6 Å². The summed E-state index contributed by atoms with van der Waals surface area (Å²) >= 11 is 6.29. The zero-order valence-corrected chi connectivity index (χ0v) is 9.14. The molecule has 1 spiro atoms. The molecule has 1 aromatic carbocycles. The Balaban J connectivity index is 2.17. The lowest BCUT2D eigenvalue weighted by Gasteiger charge is -2.29. The fraction of sp³-hybridized carbons (Fsp3) is 0.333. The van der Waals surface area contributed by atoms with Gasteiger partial charge in [-0.05, 0) is 12.1 Å². The molecule has 2 nitrogen and oxygen atoms in total. The molecule has 0 amide bonds. The summed E-state index contributed by atoms with van der Waals surface area (Å²) < 4.78 is 0. The Morgan fingerprint density at radius 2 is 2.20 bits per heavy atom. The van der Waals surface area contributed by atoms with Gasteiger partial charge >= 0.3 is 0 Å². The van der Waals surface area contributed by atoms with Gasteiger partial charge in [0, 0.05) is 41.3 Å². The summed E-state index contributed by atoms with van der Waals surface area (Å²) in [6.45, 7) is 2.87. The van der Waals surface area contributed by atoms with Crippen LogP contribution in [0.15, 0.2) is 30.4 Å². The van der Waals surface area contributed by atoms with E-state index >= 15 is 0 Å². The molecule has 2 heterocycles. The first-order valence-corrected chi connectivity index (χ1v) is 5.61. The lowest BCUT2D eigenvalue weighted by atomic mass is 9.80. The summed E-state index contributed by atoms with van der Waals surface area (Å²) in [5, 5.41) is 7.69. The van der Waals surface area contributed by atoms with Crippen LogP contribution in [-0.2, 0) is 5.41 Å². The monoisotopic (exact) mass is 220 g/mol. The second kappa shape index (κ2) is 3.26. The molecule has 0 unspecified atom stereocenters. The second-order valence-corrected chi connectivity index (χ2v) is 4.61. The van der Waals surface area contributed by atoms with Crippen molar-refractivity contribution in [3.8, 4) is 0 Å². The highest BCUT2D eigenvalue weighted by Crippen LogP contribution is 2.42. The number of fused-ring (bicyclic) bond motifs is 2. The highest BCUT2D eigenvalue weighted by atomic mass is 35.5. The van der Waals surface area contributed by atoms with Crippen LogP contribution >= 0.6 is 11.6 Å². The van der Waals surface area contributed by atoms with E-state index in [0.29, 0.717) is 0 Å². The summed E-state index contributed by atoms with van der Waals surface area (Å²) in [5.74, 6) is 0. The van der Waals surface area contributed by atoms with E-state index in [1.807, 2.05) is 12.1 Å². The average Bonchev–Trinajstić information content (AvgIpc) is 2.60. The number of benzene rings is 1. The fourth-order valence-electron chi connectivity index (χ4n) is 2.53. The molecule has 3 heteroatoms. The molecule has 15 heavy (non-hydrogen) atoms. The van der Waals surface area contributed by atoms with E-state index in [1.54, 1.807) is 0 Å². The molecule has 0 saturated heterocycles. The molecule has 2 aliphatic rings. The van der Waals surface area contributed by atoms with Crippen LogP contribution in [0.1, 0.15) is 5.56 Å². The minimum absolute atomic E-state index is 0.0614. The van der Waals surface area contributed by atoms with Crippen LogP contribution in [0.3, 0.4) is 0 Å². The maximum Gasteiger partial charge on any atom is 0.0468 e. The van der Waals surface area contributed by atoms with Gasteiger partial charge in [-0.15, -0.1) is 0 Å². The Morgan fingerprint density at radius 3 is 3.00 bits per heavy atom.